The average molecular weight is 247 g/mol. The molecule has 1 aromatic rings. The van der Waals surface area contributed by atoms with Crippen LogP contribution in [0.4, 0.5) is 4.79 Å². The second-order valence-electron chi connectivity index (χ2n) is 4.30. The number of rotatable bonds is 2. The Labute approximate surface area is 106 Å². The number of benzene rings is 1. The molecule has 0 saturated carbocycles. The second-order valence-corrected chi connectivity index (χ2v) is 4.30. The monoisotopic (exact) mass is 247 g/mol. The fraction of sp³-hybridized carbons (Fsp3) is 0.385. The van der Waals surface area contributed by atoms with Crippen molar-refractivity contribution >= 4 is 11.9 Å². The van der Waals surface area contributed by atoms with Gasteiger partial charge in [0.1, 0.15) is 6.04 Å². The van der Waals surface area contributed by atoms with Crippen molar-refractivity contribution in [1.82, 2.24) is 15.5 Å². The Balaban J connectivity index is 1.90. The van der Waals surface area contributed by atoms with Gasteiger partial charge >= 0.3 is 6.03 Å². The van der Waals surface area contributed by atoms with Crippen LogP contribution in [0.25, 0.3) is 0 Å². The van der Waals surface area contributed by atoms with E-state index in [1.54, 1.807) is 11.8 Å². The maximum absolute atomic E-state index is 12.0. The highest BCUT2D eigenvalue weighted by molar-refractivity contribution is 5.87. The first-order valence-corrected chi connectivity index (χ1v) is 6.04. The predicted molar refractivity (Wildman–Crippen MR) is 67.9 cm³/mol. The summed E-state index contributed by atoms with van der Waals surface area (Å²) in [7, 11) is 0. The van der Waals surface area contributed by atoms with Gasteiger partial charge in [-0.25, -0.2) is 4.79 Å². The lowest BCUT2D eigenvalue weighted by atomic mass is 10.2. The number of nitrogens with zero attached hydrogens (tertiary/aromatic N) is 1. The molecule has 0 aliphatic carbocycles. The lowest BCUT2D eigenvalue weighted by molar-refractivity contribution is -0.126. The topological polar surface area (TPSA) is 61.4 Å². The van der Waals surface area contributed by atoms with Crippen LogP contribution < -0.4 is 10.6 Å². The van der Waals surface area contributed by atoms with E-state index in [0.717, 1.165) is 5.56 Å². The first-order chi connectivity index (χ1) is 8.68. The molecule has 3 amide bonds. The molecule has 0 aromatic heterocycles. The van der Waals surface area contributed by atoms with E-state index in [4.69, 9.17) is 0 Å². The number of hydrogen-bond acceptors (Lipinski definition) is 2. The van der Waals surface area contributed by atoms with Crippen molar-refractivity contribution in [1.29, 1.82) is 0 Å². The summed E-state index contributed by atoms with van der Waals surface area (Å²) in [5.41, 5.74) is 1.04. The third-order valence-electron chi connectivity index (χ3n) is 3.05. The molecule has 1 unspecified atom stereocenters. The van der Waals surface area contributed by atoms with Crippen LogP contribution in [0.1, 0.15) is 12.5 Å². The number of carbonyl (C=O) groups excluding carboxylic acids is 2. The SMILES string of the molecule is CC1C(=O)NCCN1C(=O)NCc1ccccc1. The fourth-order valence-corrected chi connectivity index (χ4v) is 1.93. The summed E-state index contributed by atoms with van der Waals surface area (Å²) < 4.78 is 0. The van der Waals surface area contributed by atoms with Crippen LogP contribution in [0.3, 0.4) is 0 Å². The number of carbonyl (C=O) groups is 2. The molecule has 0 bridgehead atoms. The van der Waals surface area contributed by atoms with E-state index in [9.17, 15) is 9.59 Å². The summed E-state index contributed by atoms with van der Waals surface area (Å²) >= 11 is 0. The van der Waals surface area contributed by atoms with Crippen LogP contribution >= 0.6 is 0 Å². The first-order valence-electron chi connectivity index (χ1n) is 6.04. The minimum atomic E-state index is -0.408. The zero-order valence-corrected chi connectivity index (χ0v) is 10.3. The van der Waals surface area contributed by atoms with Crippen LogP contribution in [0, 0.1) is 0 Å². The van der Waals surface area contributed by atoms with E-state index in [1.165, 1.54) is 0 Å². The molecule has 1 aliphatic rings. The number of amides is 3. The third kappa shape index (κ3) is 2.80. The largest absolute Gasteiger partial charge is 0.353 e. The Kier molecular flexibility index (Phi) is 3.82. The van der Waals surface area contributed by atoms with E-state index < -0.39 is 6.04 Å². The zero-order valence-electron chi connectivity index (χ0n) is 10.3. The standard InChI is InChI=1S/C13H17N3O2/c1-10-12(17)14-7-8-16(10)13(18)15-9-11-5-3-2-4-6-11/h2-6,10H,7-9H2,1H3,(H,14,17)(H,15,18). The van der Waals surface area contributed by atoms with Gasteiger partial charge in [0.15, 0.2) is 0 Å². The highest BCUT2D eigenvalue weighted by Crippen LogP contribution is 2.05. The highest BCUT2D eigenvalue weighted by atomic mass is 16.2. The Morgan fingerprint density at radius 2 is 2.17 bits per heavy atom. The van der Waals surface area contributed by atoms with Crippen molar-refractivity contribution < 1.29 is 9.59 Å². The molecule has 18 heavy (non-hydrogen) atoms. The van der Waals surface area contributed by atoms with Gasteiger partial charge in [-0.2, -0.15) is 0 Å². The maximum Gasteiger partial charge on any atom is 0.318 e. The average Bonchev–Trinajstić information content (AvgIpc) is 2.40. The fourth-order valence-electron chi connectivity index (χ4n) is 1.93. The summed E-state index contributed by atoms with van der Waals surface area (Å²) in [6.45, 7) is 3.27. The van der Waals surface area contributed by atoms with Gasteiger partial charge in [0, 0.05) is 19.6 Å². The molecule has 1 heterocycles. The number of urea groups is 1. The molecular weight excluding hydrogens is 230 g/mol. The lowest BCUT2D eigenvalue weighted by Crippen LogP contribution is -2.58. The van der Waals surface area contributed by atoms with Gasteiger partial charge in [-0.15, -0.1) is 0 Å². The van der Waals surface area contributed by atoms with Crippen LogP contribution in [-0.4, -0.2) is 36.0 Å². The lowest BCUT2D eigenvalue weighted by Gasteiger charge is -2.32. The van der Waals surface area contributed by atoms with Crippen molar-refractivity contribution in [2.75, 3.05) is 13.1 Å². The van der Waals surface area contributed by atoms with E-state index in [-0.39, 0.29) is 11.9 Å². The number of hydrogen-bond donors (Lipinski definition) is 2. The molecule has 96 valence electrons. The Morgan fingerprint density at radius 3 is 2.89 bits per heavy atom. The molecular formula is C13H17N3O2. The quantitative estimate of drug-likeness (QED) is 0.808. The summed E-state index contributed by atoms with van der Waals surface area (Å²) in [6.07, 6.45) is 0. The number of piperazine rings is 1. The third-order valence-corrected chi connectivity index (χ3v) is 3.05. The van der Waals surface area contributed by atoms with Crippen LogP contribution in [0.15, 0.2) is 30.3 Å². The van der Waals surface area contributed by atoms with Gasteiger partial charge in [-0.05, 0) is 12.5 Å². The van der Waals surface area contributed by atoms with Crippen molar-refractivity contribution in [3.63, 3.8) is 0 Å². The van der Waals surface area contributed by atoms with Crippen molar-refractivity contribution in [3.8, 4) is 0 Å². The minimum absolute atomic E-state index is 0.101. The molecule has 1 saturated heterocycles. The molecule has 2 rings (SSSR count). The van der Waals surface area contributed by atoms with Gasteiger partial charge in [0.05, 0.1) is 0 Å². The van der Waals surface area contributed by atoms with Gasteiger partial charge in [-0.3, -0.25) is 4.79 Å². The molecule has 1 aliphatic heterocycles. The molecule has 1 fully saturated rings. The molecule has 1 atom stereocenters. The normalized spacial score (nSPS) is 19.3. The molecule has 5 nitrogen and oxygen atoms in total. The Hall–Kier alpha value is -2.04. The van der Waals surface area contributed by atoms with Crippen molar-refractivity contribution in [3.05, 3.63) is 35.9 Å². The van der Waals surface area contributed by atoms with Crippen LogP contribution in [-0.2, 0) is 11.3 Å². The van der Waals surface area contributed by atoms with Gasteiger partial charge in [0.2, 0.25) is 5.91 Å². The minimum Gasteiger partial charge on any atom is -0.353 e. The van der Waals surface area contributed by atoms with Gasteiger partial charge < -0.3 is 15.5 Å². The number of nitrogens with one attached hydrogen (secondary N) is 2. The Bertz CT molecular complexity index is 433. The second kappa shape index (κ2) is 5.53. The molecule has 0 radical (unpaired) electrons. The maximum atomic E-state index is 12.0. The predicted octanol–water partition coefficient (Wildman–Crippen LogP) is 0.716. The molecule has 5 heteroatoms. The van der Waals surface area contributed by atoms with E-state index in [0.29, 0.717) is 19.6 Å². The molecule has 0 spiro atoms. The van der Waals surface area contributed by atoms with Crippen LogP contribution in [0.5, 0.6) is 0 Å². The first kappa shape index (κ1) is 12.4. The zero-order chi connectivity index (χ0) is 13.0. The van der Waals surface area contributed by atoms with Crippen molar-refractivity contribution in [2.24, 2.45) is 0 Å². The summed E-state index contributed by atoms with van der Waals surface area (Å²) in [5, 5.41) is 5.56. The van der Waals surface area contributed by atoms with Gasteiger partial charge in [0.25, 0.3) is 0 Å². The van der Waals surface area contributed by atoms with Crippen molar-refractivity contribution in [2.45, 2.75) is 19.5 Å². The summed E-state index contributed by atoms with van der Waals surface area (Å²) in [6, 6.07) is 9.09. The van der Waals surface area contributed by atoms with E-state index in [1.807, 2.05) is 30.3 Å². The van der Waals surface area contributed by atoms with Gasteiger partial charge in [-0.1, -0.05) is 30.3 Å². The summed E-state index contributed by atoms with van der Waals surface area (Å²) in [4.78, 5) is 25.0. The van der Waals surface area contributed by atoms with Crippen LogP contribution in [0.2, 0.25) is 0 Å². The van der Waals surface area contributed by atoms with E-state index >= 15 is 0 Å². The highest BCUT2D eigenvalue weighted by Gasteiger charge is 2.28. The Morgan fingerprint density at radius 1 is 1.44 bits per heavy atom. The molecule has 1 aromatic carbocycles. The molecule has 2 N–H and O–H groups in total. The summed E-state index contributed by atoms with van der Waals surface area (Å²) in [5.74, 6) is -0.101. The smallest absolute Gasteiger partial charge is 0.318 e. The van der Waals surface area contributed by atoms with E-state index in [2.05, 4.69) is 10.6 Å².